The van der Waals surface area contributed by atoms with Gasteiger partial charge in [0.2, 0.25) is 0 Å². The average Bonchev–Trinajstić information content (AvgIpc) is 2.74. The highest BCUT2D eigenvalue weighted by atomic mass is 32.1. The monoisotopic (exact) mass is 485 g/mol. The summed E-state index contributed by atoms with van der Waals surface area (Å²) in [6, 6.07) is 12.7. The lowest BCUT2D eigenvalue weighted by Crippen LogP contribution is -2.11. The van der Waals surface area contributed by atoms with Gasteiger partial charge in [-0.2, -0.15) is 13.2 Å². The maximum absolute atomic E-state index is 13.7. The fourth-order valence-corrected chi connectivity index (χ4v) is 2.88. The summed E-state index contributed by atoms with van der Waals surface area (Å²) in [5.74, 6) is -2.45. The first-order valence-electron chi connectivity index (χ1n) is 9.44. The Morgan fingerprint density at radius 3 is 2.21 bits per heavy atom. The summed E-state index contributed by atoms with van der Waals surface area (Å²) in [5.41, 5.74) is -0.284. The number of benzene rings is 3. The molecule has 3 aromatic rings. The van der Waals surface area contributed by atoms with Crippen molar-refractivity contribution in [3.05, 3.63) is 83.4 Å². The Bertz CT molecular complexity index is 1070. The Morgan fingerprint density at radius 2 is 1.67 bits per heavy atom. The zero-order valence-electron chi connectivity index (χ0n) is 17.3. The van der Waals surface area contributed by atoms with E-state index in [1.807, 2.05) is 0 Å². The van der Waals surface area contributed by atoms with Gasteiger partial charge in [0.1, 0.15) is 17.4 Å². The number of alkyl halides is 3. The van der Waals surface area contributed by atoms with E-state index >= 15 is 0 Å². The molecule has 0 amide bonds. The molecule has 0 bridgehead atoms. The first-order valence-corrected chi connectivity index (χ1v) is 9.89. The van der Waals surface area contributed by atoms with Crippen molar-refractivity contribution in [3.63, 3.8) is 0 Å². The molecule has 10 heteroatoms. The number of hydrogen-bond acceptors (Lipinski definition) is 4. The van der Waals surface area contributed by atoms with Gasteiger partial charge in [0, 0.05) is 17.0 Å². The molecule has 3 rings (SSSR count). The van der Waals surface area contributed by atoms with Gasteiger partial charge in [0.25, 0.3) is 0 Å². The summed E-state index contributed by atoms with van der Waals surface area (Å²) in [7, 11) is 1.69. The number of nitrogens with one attached hydrogen (secondary N) is 1. The zero-order chi connectivity index (χ0) is 24.6. The summed E-state index contributed by atoms with van der Waals surface area (Å²) in [6.07, 6.45) is -4.71. The highest BCUT2D eigenvalue weighted by molar-refractivity contribution is 7.80. The Hall–Kier alpha value is -3.11. The maximum atomic E-state index is 13.7. The van der Waals surface area contributed by atoms with Gasteiger partial charge in [-0.25, -0.2) is 13.6 Å². The molecule has 0 atom stereocenters. The molecule has 0 saturated heterocycles. The minimum Gasteiger partial charge on any atom is -0.481 e. The third-order valence-corrected chi connectivity index (χ3v) is 4.44. The zero-order valence-corrected chi connectivity index (χ0v) is 18.2. The average molecular weight is 485 g/mol. The van der Waals surface area contributed by atoms with E-state index in [1.165, 1.54) is 24.3 Å². The topological polar surface area (TPSA) is 58.6 Å². The number of carboxylic acids is 1. The van der Waals surface area contributed by atoms with E-state index in [9.17, 15) is 26.7 Å². The summed E-state index contributed by atoms with van der Waals surface area (Å²) in [5, 5.41) is 11.6. The normalized spacial score (nSPS) is 10.9. The number of halogens is 5. The molecule has 4 nitrogen and oxygen atoms in total. The molecule has 0 heterocycles. The smallest absolute Gasteiger partial charge is 0.416 e. The van der Waals surface area contributed by atoms with Crippen molar-refractivity contribution in [1.29, 1.82) is 0 Å². The third-order valence-electron chi connectivity index (χ3n) is 4.14. The van der Waals surface area contributed by atoms with Crippen molar-refractivity contribution in [2.24, 2.45) is 0 Å². The highest BCUT2D eigenvalue weighted by Gasteiger charge is 2.31. The highest BCUT2D eigenvalue weighted by Crippen LogP contribution is 2.36. The first kappa shape index (κ1) is 26.1. The molecule has 0 saturated carbocycles. The van der Waals surface area contributed by atoms with Crippen LogP contribution in [0.4, 0.5) is 22.0 Å². The van der Waals surface area contributed by atoms with E-state index in [0.717, 1.165) is 22.6 Å². The molecule has 0 fully saturated rings. The lowest BCUT2D eigenvalue weighted by atomic mass is 9.99. The number of carbonyl (C=O) groups is 1. The molecule has 0 aliphatic rings. The predicted octanol–water partition coefficient (Wildman–Crippen LogP) is 5.81. The van der Waals surface area contributed by atoms with E-state index in [2.05, 4.69) is 17.9 Å². The van der Waals surface area contributed by atoms with Crippen LogP contribution in [0.5, 0.6) is 5.75 Å². The minimum atomic E-state index is -4.71. The largest absolute Gasteiger partial charge is 0.481 e. The predicted molar refractivity (Wildman–Crippen MR) is 116 cm³/mol. The summed E-state index contributed by atoms with van der Waals surface area (Å²) in [4.78, 5) is 11.5. The number of thiol groups is 1. The number of hydrogen-bond donors (Lipinski definition) is 3. The third kappa shape index (κ3) is 8.39. The lowest BCUT2D eigenvalue weighted by Gasteiger charge is -2.14. The number of carboxylic acid groups (broad SMARTS) is 1. The van der Waals surface area contributed by atoms with Crippen molar-refractivity contribution >= 4 is 18.6 Å². The molecular formula is C23H20F5NO3S. The van der Waals surface area contributed by atoms with Gasteiger partial charge in [-0.15, -0.1) is 12.6 Å². The summed E-state index contributed by atoms with van der Waals surface area (Å²) in [6.45, 7) is -0.243. The molecule has 176 valence electrons. The van der Waals surface area contributed by atoms with Crippen LogP contribution in [-0.2, 0) is 17.5 Å². The van der Waals surface area contributed by atoms with E-state index in [4.69, 9.17) is 9.84 Å². The summed E-state index contributed by atoms with van der Waals surface area (Å²) < 4.78 is 69.7. The van der Waals surface area contributed by atoms with Crippen LogP contribution in [0.1, 0.15) is 11.1 Å². The van der Waals surface area contributed by atoms with E-state index in [1.54, 1.807) is 25.2 Å². The van der Waals surface area contributed by atoms with Crippen molar-refractivity contribution < 1.29 is 36.6 Å². The Balaban J connectivity index is 0.000000405. The van der Waals surface area contributed by atoms with Crippen LogP contribution in [-0.4, -0.2) is 24.7 Å². The van der Waals surface area contributed by atoms with Crippen molar-refractivity contribution in [1.82, 2.24) is 5.32 Å². The number of ether oxygens (including phenoxy) is 1. The van der Waals surface area contributed by atoms with Gasteiger partial charge in [0.15, 0.2) is 6.61 Å². The molecule has 0 aliphatic heterocycles. The fraction of sp³-hybridized carbons (Fsp3) is 0.174. The van der Waals surface area contributed by atoms with Crippen molar-refractivity contribution in [3.8, 4) is 16.9 Å². The Kier molecular flexibility index (Phi) is 9.24. The molecule has 2 N–H and O–H groups in total. The second kappa shape index (κ2) is 11.7. The van der Waals surface area contributed by atoms with E-state index in [-0.39, 0.29) is 22.7 Å². The molecule has 0 radical (unpaired) electrons. The Morgan fingerprint density at radius 1 is 1.00 bits per heavy atom. The van der Waals surface area contributed by atoms with Crippen LogP contribution < -0.4 is 10.1 Å². The van der Waals surface area contributed by atoms with Gasteiger partial charge < -0.3 is 15.2 Å². The lowest BCUT2D eigenvalue weighted by molar-refractivity contribution is -0.139. The van der Waals surface area contributed by atoms with Crippen LogP contribution in [0.25, 0.3) is 11.1 Å². The van der Waals surface area contributed by atoms with Gasteiger partial charge in [-0.1, -0.05) is 6.07 Å². The minimum absolute atomic E-state index is 0.0503. The second-order valence-electron chi connectivity index (χ2n) is 6.75. The van der Waals surface area contributed by atoms with Crippen LogP contribution in [0.15, 0.2) is 65.6 Å². The van der Waals surface area contributed by atoms with Crippen molar-refractivity contribution in [2.45, 2.75) is 17.6 Å². The van der Waals surface area contributed by atoms with E-state index in [0.29, 0.717) is 12.6 Å². The standard InChI is InChI=1S/C17H15F4NO3.C6H5FS/c1-22-8-10-2-3-15(25-9-16(23)24)14(4-10)11-5-12(17(19,20)21)7-13(18)6-11;7-5-1-3-6(8)4-2-5/h2-7,22H,8-9H2,1H3,(H,23,24);1-4,8H. The van der Waals surface area contributed by atoms with Crippen LogP contribution in [0.3, 0.4) is 0 Å². The fourth-order valence-electron chi connectivity index (χ4n) is 2.73. The van der Waals surface area contributed by atoms with E-state index < -0.39 is 30.1 Å². The van der Waals surface area contributed by atoms with Crippen LogP contribution in [0.2, 0.25) is 0 Å². The maximum Gasteiger partial charge on any atom is 0.416 e. The van der Waals surface area contributed by atoms with Crippen LogP contribution in [0, 0.1) is 11.6 Å². The molecule has 0 aromatic heterocycles. The van der Waals surface area contributed by atoms with Gasteiger partial charge >= 0.3 is 12.1 Å². The van der Waals surface area contributed by atoms with Crippen molar-refractivity contribution in [2.75, 3.05) is 13.7 Å². The summed E-state index contributed by atoms with van der Waals surface area (Å²) >= 11 is 3.97. The molecule has 0 unspecified atom stereocenters. The molecule has 33 heavy (non-hydrogen) atoms. The molecule has 0 spiro atoms. The quantitative estimate of drug-likeness (QED) is 0.305. The molecule has 3 aromatic carbocycles. The Labute approximate surface area is 192 Å². The molecule has 0 aliphatic carbocycles. The van der Waals surface area contributed by atoms with Crippen LogP contribution >= 0.6 is 12.6 Å². The molecular weight excluding hydrogens is 465 g/mol. The second-order valence-corrected chi connectivity index (χ2v) is 7.26. The van der Waals surface area contributed by atoms with Gasteiger partial charge in [-0.05, 0) is 72.8 Å². The SMILES string of the molecule is CNCc1ccc(OCC(=O)O)c(-c2cc(F)cc(C(F)(F)F)c2)c1.Fc1ccc(S)cc1. The number of aliphatic carboxylic acids is 1. The number of rotatable bonds is 6. The van der Waals surface area contributed by atoms with Gasteiger partial charge in [-0.3, -0.25) is 0 Å². The first-order chi connectivity index (χ1) is 15.5. The van der Waals surface area contributed by atoms with Gasteiger partial charge in [0.05, 0.1) is 5.56 Å².